The van der Waals surface area contributed by atoms with Crippen LogP contribution >= 0.6 is 15.9 Å². The van der Waals surface area contributed by atoms with E-state index < -0.39 is 5.97 Å². The first-order valence-electron chi connectivity index (χ1n) is 4.40. The van der Waals surface area contributed by atoms with E-state index in [1.165, 1.54) is 0 Å². The number of nitrogens with zero attached hydrogens (tertiary/aromatic N) is 2. The van der Waals surface area contributed by atoms with Crippen molar-refractivity contribution < 1.29 is 9.90 Å². The van der Waals surface area contributed by atoms with Gasteiger partial charge in [0.05, 0.1) is 11.0 Å². The van der Waals surface area contributed by atoms with Crippen molar-refractivity contribution in [1.29, 1.82) is 0 Å². The molecule has 0 unspecified atom stereocenters. The van der Waals surface area contributed by atoms with Crippen molar-refractivity contribution >= 4 is 32.9 Å². The average molecular weight is 269 g/mol. The van der Waals surface area contributed by atoms with Gasteiger partial charge in [0.15, 0.2) is 0 Å². The van der Waals surface area contributed by atoms with E-state index in [1.54, 1.807) is 4.57 Å². The molecule has 0 spiro atoms. The van der Waals surface area contributed by atoms with Crippen LogP contribution in [0.3, 0.4) is 0 Å². The third-order valence-corrected chi connectivity index (χ3v) is 2.74. The Labute approximate surface area is 94.7 Å². The van der Waals surface area contributed by atoms with Crippen molar-refractivity contribution in [1.82, 2.24) is 9.55 Å². The van der Waals surface area contributed by atoms with Gasteiger partial charge in [0, 0.05) is 11.5 Å². The lowest BCUT2D eigenvalue weighted by molar-refractivity contribution is -0.136. The second-order valence-electron chi connectivity index (χ2n) is 3.29. The molecule has 78 valence electrons. The topological polar surface area (TPSA) is 55.1 Å². The number of carboxylic acids is 1. The Balaban J connectivity index is 2.59. The number of aliphatic carboxylic acids is 1. The average Bonchev–Trinajstić information content (AvgIpc) is 2.44. The number of rotatable bonds is 2. The lowest BCUT2D eigenvalue weighted by atomic mass is 10.3. The predicted molar refractivity (Wildman–Crippen MR) is 59.8 cm³/mol. The SMILES string of the molecule is Cn1c(CC(=O)O)nc2ccc(Br)cc21. The van der Waals surface area contributed by atoms with Gasteiger partial charge in [0.25, 0.3) is 0 Å². The summed E-state index contributed by atoms with van der Waals surface area (Å²) in [5.41, 5.74) is 1.75. The molecule has 2 rings (SSSR count). The van der Waals surface area contributed by atoms with E-state index in [-0.39, 0.29) is 6.42 Å². The molecule has 0 saturated carbocycles. The van der Waals surface area contributed by atoms with Gasteiger partial charge in [-0.25, -0.2) is 4.98 Å². The molecule has 0 bridgehead atoms. The lowest BCUT2D eigenvalue weighted by Gasteiger charge is -1.98. The van der Waals surface area contributed by atoms with Gasteiger partial charge in [0.2, 0.25) is 0 Å². The van der Waals surface area contributed by atoms with Crippen LogP contribution in [0.25, 0.3) is 11.0 Å². The van der Waals surface area contributed by atoms with Crippen molar-refractivity contribution in [2.24, 2.45) is 7.05 Å². The molecule has 1 N–H and O–H groups in total. The maximum Gasteiger partial charge on any atom is 0.311 e. The van der Waals surface area contributed by atoms with Crippen molar-refractivity contribution in [3.05, 3.63) is 28.5 Å². The normalized spacial score (nSPS) is 10.8. The molecule has 0 aliphatic carbocycles. The highest BCUT2D eigenvalue weighted by Gasteiger charge is 2.10. The molecule has 1 aromatic carbocycles. The molecule has 1 aromatic heterocycles. The summed E-state index contributed by atoms with van der Waals surface area (Å²) in [5, 5.41) is 8.71. The van der Waals surface area contributed by atoms with Gasteiger partial charge in [-0.1, -0.05) is 15.9 Å². The highest BCUT2D eigenvalue weighted by molar-refractivity contribution is 9.10. The first kappa shape index (κ1) is 10.2. The van der Waals surface area contributed by atoms with Crippen LogP contribution in [0, 0.1) is 0 Å². The van der Waals surface area contributed by atoms with Crippen molar-refractivity contribution in [3.63, 3.8) is 0 Å². The smallest absolute Gasteiger partial charge is 0.311 e. The van der Waals surface area contributed by atoms with Crippen molar-refractivity contribution in [2.75, 3.05) is 0 Å². The van der Waals surface area contributed by atoms with Crippen LogP contribution in [0.4, 0.5) is 0 Å². The quantitative estimate of drug-likeness (QED) is 0.906. The van der Waals surface area contributed by atoms with Crippen LogP contribution in [0.1, 0.15) is 5.82 Å². The van der Waals surface area contributed by atoms with Gasteiger partial charge in [-0.3, -0.25) is 4.79 Å². The van der Waals surface area contributed by atoms with Crippen LogP contribution in [0.15, 0.2) is 22.7 Å². The predicted octanol–water partition coefficient (Wildman–Crippen LogP) is 1.96. The molecule has 2 aromatic rings. The van der Waals surface area contributed by atoms with Gasteiger partial charge in [-0.05, 0) is 18.2 Å². The maximum absolute atomic E-state index is 10.6. The maximum atomic E-state index is 10.6. The van der Waals surface area contributed by atoms with E-state index in [1.807, 2.05) is 25.2 Å². The fraction of sp³-hybridized carbons (Fsp3) is 0.200. The molecule has 15 heavy (non-hydrogen) atoms. The molecule has 0 atom stereocenters. The van der Waals surface area contributed by atoms with Crippen LogP contribution in [0.5, 0.6) is 0 Å². The van der Waals surface area contributed by atoms with E-state index in [0.29, 0.717) is 5.82 Å². The summed E-state index contributed by atoms with van der Waals surface area (Å²) in [7, 11) is 1.82. The number of aromatic nitrogens is 2. The molecule has 0 fully saturated rings. The molecule has 0 saturated heterocycles. The Morgan fingerprint density at radius 1 is 1.60 bits per heavy atom. The van der Waals surface area contributed by atoms with Crippen LogP contribution in [-0.2, 0) is 18.3 Å². The zero-order chi connectivity index (χ0) is 11.0. The summed E-state index contributed by atoms with van der Waals surface area (Å²) < 4.78 is 2.76. The zero-order valence-electron chi connectivity index (χ0n) is 8.07. The number of halogens is 1. The Bertz CT molecular complexity index is 533. The first-order chi connectivity index (χ1) is 7.08. The molecule has 4 nitrogen and oxygen atoms in total. The van der Waals surface area contributed by atoms with Crippen LogP contribution < -0.4 is 0 Å². The van der Waals surface area contributed by atoms with Crippen molar-refractivity contribution in [3.8, 4) is 0 Å². The Hall–Kier alpha value is -1.36. The largest absolute Gasteiger partial charge is 0.481 e. The fourth-order valence-corrected chi connectivity index (χ4v) is 1.86. The number of aryl methyl sites for hydroxylation is 1. The number of hydrogen-bond donors (Lipinski definition) is 1. The summed E-state index contributed by atoms with van der Waals surface area (Å²) >= 11 is 3.37. The molecule has 0 aliphatic heterocycles. The second kappa shape index (κ2) is 3.66. The summed E-state index contributed by atoms with van der Waals surface area (Å²) in [4.78, 5) is 14.9. The number of hydrogen-bond acceptors (Lipinski definition) is 2. The lowest BCUT2D eigenvalue weighted by Crippen LogP contribution is -2.06. The Morgan fingerprint density at radius 3 is 3.00 bits per heavy atom. The van der Waals surface area contributed by atoms with Gasteiger partial charge in [-0.2, -0.15) is 0 Å². The highest BCUT2D eigenvalue weighted by atomic mass is 79.9. The van der Waals surface area contributed by atoms with E-state index in [2.05, 4.69) is 20.9 Å². The Morgan fingerprint density at radius 2 is 2.33 bits per heavy atom. The summed E-state index contributed by atoms with van der Waals surface area (Å²) in [5.74, 6) is -0.303. The van der Waals surface area contributed by atoms with Gasteiger partial charge >= 0.3 is 5.97 Å². The van der Waals surface area contributed by atoms with E-state index in [9.17, 15) is 4.79 Å². The van der Waals surface area contributed by atoms with E-state index in [0.717, 1.165) is 15.5 Å². The standard InChI is InChI=1S/C10H9BrN2O2/c1-13-8-4-6(11)2-3-7(8)12-9(13)5-10(14)15/h2-4H,5H2,1H3,(H,14,15). The van der Waals surface area contributed by atoms with Crippen LogP contribution in [-0.4, -0.2) is 20.6 Å². The summed E-state index contributed by atoms with van der Waals surface area (Å²) in [6.45, 7) is 0. The molecule has 1 heterocycles. The number of fused-ring (bicyclic) bond motifs is 1. The summed E-state index contributed by atoms with van der Waals surface area (Å²) in [6.07, 6.45) is -0.0528. The minimum Gasteiger partial charge on any atom is -0.481 e. The molecular weight excluding hydrogens is 260 g/mol. The van der Waals surface area contributed by atoms with E-state index >= 15 is 0 Å². The number of carboxylic acid groups (broad SMARTS) is 1. The van der Waals surface area contributed by atoms with E-state index in [4.69, 9.17) is 5.11 Å². The molecular formula is C10H9BrN2O2. The molecule has 0 radical (unpaired) electrons. The second-order valence-corrected chi connectivity index (χ2v) is 4.21. The van der Waals surface area contributed by atoms with Gasteiger partial charge in [0.1, 0.15) is 12.2 Å². The van der Waals surface area contributed by atoms with Crippen molar-refractivity contribution in [2.45, 2.75) is 6.42 Å². The van der Waals surface area contributed by atoms with Gasteiger partial charge < -0.3 is 9.67 Å². The number of benzene rings is 1. The monoisotopic (exact) mass is 268 g/mol. The van der Waals surface area contributed by atoms with Gasteiger partial charge in [-0.15, -0.1) is 0 Å². The zero-order valence-corrected chi connectivity index (χ0v) is 9.65. The molecule has 5 heteroatoms. The highest BCUT2D eigenvalue weighted by Crippen LogP contribution is 2.20. The summed E-state index contributed by atoms with van der Waals surface area (Å²) in [6, 6.07) is 5.68. The fourth-order valence-electron chi connectivity index (χ4n) is 1.51. The molecule has 0 aliphatic rings. The first-order valence-corrected chi connectivity index (χ1v) is 5.20. The Kier molecular flexibility index (Phi) is 2.48. The molecule has 0 amide bonds. The van der Waals surface area contributed by atoms with Crippen LogP contribution in [0.2, 0.25) is 0 Å². The third-order valence-electron chi connectivity index (χ3n) is 2.24. The number of carbonyl (C=O) groups is 1. The minimum absolute atomic E-state index is 0.0528. The number of imidazole rings is 1. The minimum atomic E-state index is -0.868. The third kappa shape index (κ3) is 1.87.